The van der Waals surface area contributed by atoms with E-state index in [0.717, 1.165) is 11.1 Å². The Morgan fingerprint density at radius 1 is 1.19 bits per heavy atom. The van der Waals surface area contributed by atoms with Gasteiger partial charge in [-0.25, -0.2) is 9.78 Å². The van der Waals surface area contributed by atoms with E-state index in [0.29, 0.717) is 23.5 Å². The van der Waals surface area contributed by atoms with Crippen LogP contribution in [0.15, 0.2) is 42.5 Å². The number of nitro groups is 1. The van der Waals surface area contributed by atoms with E-state index in [-0.39, 0.29) is 17.2 Å². The van der Waals surface area contributed by atoms with Crippen LogP contribution < -0.4 is 0 Å². The molecule has 0 atom stereocenters. The normalized spacial score (nSPS) is 11.6. The van der Waals surface area contributed by atoms with E-state index >= 15 is 0 Å². The largest absolute Gasteiger partial charge is 0.462 e. The van der Waals surface area contributed by atoms with E-state index < -0.39 is 4.92 Å². The SMILES string of the molecule is CCOC(=O)c1ccc2c(c1)nc(-c1ccc([N+](=O)[O-])cc1)n2C(C)(C)C. The predicted molar refractivity (Wildman–Crippen MR) is 103 cm³/mol. The molecule has 140 valence electrons. The maximum absolute atomic E-state index is 12.0. The maximum atomic E-state index is 12.0. The third-order valence-electron chi connectivity index (χ3n) is 4.17. The van der Waals surface area contributed by atoms with Crippen molar-refractivity contribution in [1.29, 1.82) is 0 Å². The number of imidazole rings is 1. The highest BCUT2D eigenvalue weighted by Gasteiger charge is 2.23. The van der Waals surface area contributed by atoms with Crippen LogP contribution in [0, 0.1) is 10.1 Å². The van der Waals surface area contributed by atoms with Crippen molar-refractivity contribution in [3.8, 4) is 11.4 Å². The molecular formula is C20H21N3O4. The first-order chi connectivity index (χ1) is 12.7. The highest BCUT2D eigenvalue weighted by atomic mass is 16.6. The van der Waals surface area contributed by atoms with Gasteiger partial charge in [0.15, 0.2) is 0 Å². The number of hydrogen-bond donors (Lipinski definition) is 0. The van der Waals surface area contributed by atoms with E-state index in [9.17, 15) is 14.9 Å². The number of rotatable bonds is 4. The first-order valence-electron chi connectivity index (χ1n) is 8.67. The number of fused-ring (bicyclic) bond motifs is 1. The Bertz CT molecular complexity index is 1010. The summed E-state index contributed by atoms with van der Waals surface area (Å²) in [4.78, 5) is 27.2. The molecule has 0 bridgehead atoms. The highest BCUT2D eigenvalue weighted by Crippen LogP contribution is 2.32. The van der Waals surface area contributed by atoms with Crippen LogP contribution in [-0.4, -0.2) is 27.1 Å². The van der Waals surface area contributed by atoms with Crippen molar-refractivity contribution in [1.82, 2.24) is 9.55 Å². The van der Waals surface area contributed by atoms with Crippen molar-refractivity contribution in [2.75, 3.05) is 6.61 Å². The molecule has 2 aromatic carbocycles. The summed E-state index contributed by atoms with van der Waals surface area (Å²) in [7, 11) is 0. The average molecular weight is 367 g/mol. The molecule has 3 rings (SSSR count). The lowest BCUT2D eigenvalue weighted by Crippen LogP contribution is -2.22. The summed E-state index contributed by atoms with van der Waals surface area (Å²) in [5.41, 5.74) is 2.51. The zero-order chi connectivity index (χ0) is 19.8. The predicted octanol–water partition coefficient (Wildman–Crippen LogP) is 4.54. The zero-order valence-electron chi connectivity index (χ0n) is 15.7. The van der Waals surface area contributed by atoms with Gasteiger partial charge in [0.1, 0.15) is 5.82 Å². The lowest BCUT2D eigenvalue weighted by Gasteiger charge is -2.24. The fraction of sp³-hybridized carbons (Fsp3) is 0.300. The van der Waals surface area contributed by atoms with Gasteiger partial charge < -0.3 is 9.30 Å². The first-order valence-corrected chi connectivity index (χ1v) is 8.67. The molecule has 0 saturated heterocycles. The Morgan fingerprint density at radius 3 is 2.41 bits per heavy atom. The second kappa shape index (κ2) is 6.83. The second-order valence-electron chi connectivity index (χ2n) is 7.17. The average Bonchev–Trinajstić information content (AvgIpc) is 3.00. The number of carbonyl (C=O) groups excluding carboxylic acids is 1. The van der Waals surface area contributed by atoms with Crippen LogP contribution in [0.2, 0.25) is 0 Å². The molecule has 0 fully saturated rings. The summed E-state index contributed by atoms with van der Waals surface area (Å²) in [5.74, 6) is 0.301. The van der Waals surface area contributed by atoms with E-state index in [2.05, 4.69) is 25.3 Å². The van der Waals surface area contributed by atoms with Gasteiger partial charge in [-0.15, -0.1) is 0 Å². The summed E-state index contributed by atoms with van der Waals surface area (Å²) in [5, 5.41) is 10.9. The van der Waals surface area contributed by atoms with Crippen LogP contribution in [0.3, 0.4) is 0 Å². The van der Waals surface area contributed by atoms with Gasteiger partial charge in [0.2, 0.25) is 0 Å². The summed E-state index contributed by atoms with van der Waals surface area (Å²) < 4.78 is 7.13. The Balaban J connectivity index is 2.18. The van der Waals surface area contributed by atoms with Gasteiger partial charge in [0.25, 0.3) is 5.69 Å². The Kier molecular flexibility index (Phi) is 4.70. The molecule has 0 aliphatic heterocycles. The minimum atomic E-state index is -0.428. The van der Waals surface area contributed by atoms with Gasteiger partial charge in [0.05, 0.1) is 28.1 Å². The van der Waals surface area contributed by atoms with Crippen LogP contribution >= 0.6 is 0 Å². The number of ether oxygens (including phenoxy) is 1. The van der Waals surface area contributed by atoms with Gasteiger partial charge in [-0.2, -0.15) is 0 Å². The fourth-order valence-electron chi connectivity index (χ4n) is 3.03. The van der Waals surface area contributed by atoms with Gasteiger partial charge in [-0.3, -0.25) is 10.1 Å². The minimum absolute atomic E-state index is 0.0294. The number of nitrogens with zero attached hydrogens (tertiary/aromatic N) is 3. The molecule has 0 aliphatic carbocycles. The molecule has 0 spiro atoms. The van der Waals surface area contributed by atoms with Crippen LogP contribution in [0.4, 0.5) is 5.69 Å². The van der Waals surface area contributed by atoms with E-state index in [1.54, 1.807) is 31.2 Å². The third kappa shape index (κ3) is 3.53. The number of nitro benzene ring substituents is 1. The van der Waals surface area contributed by atoms with Crippen LogP contribution in [0.5, 0.6) is 0 Å². The van der Waals surface area contributed by atoms with E-state index in [1.165, 1.54) is 12.1 Å². The number of non-ortho nitro benzene ring substituents is 1. The third-order valence-corrected chi connectivity index (χ3v) is 4.17. The van der Waals surface area contributed by atoms with Crippen molar-refractivity contribution >= 4 is 22.7 Å². The van der Waals surface area contributed by atoms with Crippen LogP contribution in [-0.2, 0) is 10.3 Å². The highest BCUT2D eigenvalue weighted by molar-refractivity contribution is 5.94. The molecule has 0 N–H and O–H groups in total. The second-order valence-corrected chi connectivity index (χ2v) is 7.17. The first kappa shape index (κ1) is 18.6. The summed E-state index contributed by atoms with van der Waals surface area (Å²) in [6.07, 6.45) is 0. The number of benzene rings is 2. The molecule has 3 aromatic rings. The fourth-order valence-corrected chi connectivity index (χ4v) is 3.03. The smallest absolute Gasteiger partial charge is 0.338 e. The standard InChI is InChI=1S/C20H21N3O4/c1-5-27-19(24)14-8-11-17-16(12-14)21-18(22(17)20(2,3)4)13-6-9-15(10-7-13)23(25)26/h6-12H,5H2,1-4H3. The number of aromatic nitrogens is 2. The molecule has 0 saturated carbocycles. The molecular weight excluding hydrogens is 346 g/mol. The Morgan fingerprint density at radius 2 is 1.85 bits per heavy atom. The van der Waals surface area contributed by atoms with Gasteiger partial charge >= 0.3 is 5.97 Å². The van der Waals surface area contributed by atoms with E-state index in [1.807, 2.05) is 6.07 Å². The van der Waals surface area contributed by atoms with Crippen molar-refractivity contribution in [2.45, 2.75) is 33.2 Å². The Hall–Kier alpha value is -3.22. The van der Waals surface area contributed by atoms with Gasteiger partial charge in [0, 0.05) is 23.2 Å². The minimum Gasteiger partial charge on any atom is -0.462 e. The molecule has 7 heteroatoms. The van der Waals surface area contributed by atoms with E-state index in [4.69, 9.17) is 9.72 Å². The topological polar surface area (TPSA) is 87.3 Å². The zero-order valence-corrected chi connectivity index (χ0v) is 15.7. The molecule has 0 amide bonds. The number of hydrogen-bond acceptors (Lipinski definition) is 5. The number of carbonyl (C=O) groups is 1. The maximum Gasteiger partial charge on any atom is 0.338 e. The summed E-state index contributed by atoms with van der Waals surface area (Å²) in [6.45, 7) is 8.24. The van der Waals surface area contributed by atoms with Crippen LogP contribution in [0.1, 0.15) is 38.1 Å². The van der Waals surface area contributed by atoms with Crippen molar-refractivity contribution in [3.05, 3.63) is 58.1 Å². The van der Waals surface area contributed by atoms with Crippen molar-refractivity contribution < 1.29 is 14.5 Å². The molecule has 0 radical (unpaired) electrons. The lowest BCUT2D eigenvalue weighted by molar-refractivity contribution is -0.384. The monoisotopic (exact) mass is 367 g/mol. The van der Waals surface area contributed by atoms with Gasteiger partial charge in [-0.1, -0.05) is 0 Å². The molecule has 1 heterocycles. The van der Waals surface area contributed by atoms with Crippen molar-refractivity contribution in [2.24, 2.45) is 0 Å². The number of esters is 1. The summed E-state index contributed by atoms with van der Waals surface area (Å²) >= 11 is 0. The quantitative estimate of drug-likeness (QED) is 0.384. The van der Waals surface area contributed by atoms with Crippen LogP contribution in [0.25, 0.3) is 22.4 Å². The molecule has 0 unspecified atom stereocenters. The molecule has 1 aromatic heterocycles. The Labute approximate surface area is 156 Å². The van der Waals surface area contributed by atoms with Gasteiger partial charge in [-0.05, 0) is 58.0 Å². The molecule has 7 nitrogen and oxygen atoms in total. The van der Waals surface area contributed by atoms with Crippen molar-refractivity contribution in [3.63, 3.8) is 0 Å². The molecule has 27 heavy (non-hydrogen) atoms. The molecule has 0 aliphatic rings. The summed E-state index contributed by atoms with van der Waals surface area (Å²) in [6, 6.07) is 11.6. The lowest BCUT2D eigenvalue weighted by atomic mass is 10.1.